The zero-order chi connectivity index (χ0) is 22.2. The third-order valence-corrected chi connectivity index (χ3v) is 7.04. The Morgan fingerprint density at radius 2 is 1.71 bits per heavy atom. The van der Waals surface area contributed by atoms with Crippen molar-refractivity contribution in [2.24, 2.45) is 5.14 Å². The van der Waals surface area contributed by atoms with Crippen molar-refractivity contribution in [2.45, 2.75) is 36.4 Å². The molecule has 0 atom stereocenters. The molecule has 0 bridgehead atoms. The van der Waals surface area contributed by atoms with Crippen LogP contribution in [0.15, 0.2) is 52.5 Å². The van der Waals surface area contributed by atoms with E-state index in [1.807, 2.05) is 4.57 Å². The Morgan fingerprint density at radius 3 is 2.32 bits per heavy atom. The van der Waals surface area contributed by atoms with Gasteiger partial charge in [0.1, 0.15) is 0 Å². The number of rotatable bonds is 8. The minimum absolute atomic E-state index is 0.0164. The molecule has 0 fully saturated rings. The number of fused-ring (bicyclic) bond motifs is 2. The fraction of sp³-hybridized carbons (Fsp3) is 0.286. The summed E-state index contributed by atoms with van der Waals surface area (Å²) in [6, 6.07) is 11.5. The van der Waals surface area contributed by atoms with Crippen LogP contribution in [0.4, 0.5) is 0 Å². The first-order valence-corrected chi connectivity index (χ1v) is 12.5. The van der Waals surface area contributed by atoms with Crippen LogP contribution in [-0.2, 0) is 16.6 Å². The number of hydrogen-bond donors (Lipinski definition) is 1. The Balaban J connectivity index is 1.55. The molecule has 1 aromatic heterocycles. The normalized spacial score (nSPS) is 13.9. The molecule has 4 rings (SSSR count). The summed E-state index contributed by atoms with van der Waals surface area (Å²) in [7, 11) is -3.82. The molecule has 0 spiro atoms. The summed E-state index contributed by atoms with van der Waals surface area (Å²) in [4.78, 5) is 30.9. The first kappa shape index (κ1) is 21.5. The lowest BCUT2D eigenvalue weighted by Crippen LogP contribution is -2.31. The van der Waals surface area contributed by atoms with E-state index in [4.69, 9.17) is 5.14 Å². The van der Waals surface area contributed by atoms with Crippen molar-refractivity contribution < 1.29 is 18.0 Å². The smallest absolute Gasteiger partial charge is 0.261 e. The zero-order valence-corrected chi connectivity index (χ0v) is 18.6. The summed E-state index contributed by atoms with van der Waals surface area (Å²) in [6.07, 6.45) is 1.93. The number of benzene rings is 2. The largest absolute Gasteiger partial charge is 0.319 e. The summed E-state index contributed by atoms with van der Waals surface area (Å²) in [5, 5.41) is 5.96. The monoisotopic (exact) mass is 458 g/mol. The van der Waals surface area contributed by atoms with Crippen molar-refractivity contribution in [3.05, 3.63) is 53.6 Å². The highest BCUT2D eigenvalue weighted by Crippen LogP contribution is 2.28. The van der Waals surface area contributed by atoms with E-state index >= 15 is 0 Å². The van der Waals surface area contributed by atoms with Gasteiger partial charge in [0.05, 0.1) is 27.1 Å². The van der Waals surface area contributed by atoms with Gasteiger partial charge in [-0.25, -0.2) is 18.5 Å². The molecule has 0 saturated heterocycles. The van der Waals surface area contributed by atoms with Gasteiger partial charge in [0.15, 0.2) is 5.16 Å². The minimum atomic E-state index is -3.82. The van der Waals surface area contributed by atoms with Gasteiger partial charge < -0.3 is 4.57 Å². The number of carbonyl (C=O) groups is 2. The number of aryl methyl sites for hydroxylation is 1. The molecule has 1 aliphatic rings. The highest BCUT2D eigenvalue weighted by molar-refractivity contribution is 7.99. The lowest BCUT2D eigenvalue weighted by atomic mass is 10.1. The van der Waals surface area contributed by atoms with Crippen LogP contribution in [-0.4, -0.2) is 47.0 Å². The van der Waals surface area contributed by atoms with Crippen molar-refractivity contribution in [2.75, 3.05) is 12.3 Å². The van der Waals surface area contributed by atoms with Gasteiger partial charge in [0, 0.05) is 18.8 Å². The number of imidazole rings is 1. The number of thioether (sulfide) groups is 1. The average molecular weight is 459 g/mol. The van der Waals surface area contributed by atoms with E-state index in [1.165, 1.54) is 28.8 Å². The second kappa shape index (κ2) is 8.45. The second-order valence-corrected chi connectivity index (χ2v) is 9.87. The van der Waals surface area contributed by atoms with E-state index in [2.05, 4.69) is 11.9 Å². The number of sulfonamides is 1. The topological polar surface area (TPSA) is 115 Å². The maximum absolute atomic E-state index is 12.5. The van der Waals surface area contributed by atoms with Gasteiger partial charge in [-0.2, -0.15) is 0 Å². The van der Waals surface area contributed by atoms with E-state index in [0.29, 0.717) is 27.6 Å². The number of imide groups is 1. The van der Waals surface area contributed by atoms with Crippen LogP contribution in [0.1, 0.15) is 40.5 Å². The molecular weight excluding hydrogens is 436 g/mol. The van der Waals surface area contributed by atoms with E-state index in [0.717, 1.165) is 24.9 Å². The van der Waals surface area contributed by atoms with Crippen LogP contribution >= 0.6 is 11.8 Å². The van der Waals surface area contributed by atoms with Crippen molar-refractivity contribution in [3.63, 3.8) is 0 Å². The third-order valence-electron chi connectivity index (χ3n) is 5.17. The Morgan fingerprint density at radius 1 is 1.03 bits per heavy atom. The van der Waals surface area contributed by atoms with Crippen molar-refractivity contribution >= 4 is 44.6 Å². The van der Waals surface area contributed by atoms with E-state index < -0.39 is 10.0 Å². The molecule has 0 saturated carbocycles. The van der Waals surface area contributed by atoms with Crippen LogP contribution in [0, 0.1) is 0 Å². The number of hydrogen-bond acceptors (Lipinski definition) is 6. The summed E-state index contributed by atoms with van der Waals surface area (Å²) >= 11 is 1.43. The molecule has 8 nitrogen and oxygen atoms in total. The Kier molecular flexibility index (Phi) is 5.87. The first-order chi connectivity index (χ1) is 14.8. The van der Waals surface area contributed by atoms with Crippen molar-refractivity contribution in [1.29, 1.82) is 0 Å². The van der Waals surface area contributed by atoms with Gasteiger partial charge in [-0.3, -0.25) is 14.5 Å². The van der Waals surface area contributed by atoms with Crippen LogP contribution in [0.5, 0.6) is 0 Å². The molecular formula is C21H22N4O4S2. The standard InChI is InChI=1S/C21H22N4O4S2/c1-2-3-10-24-18-9-8-14(31(22,28)29)13-17(18)23-21(24)30-12-11-25-19(26)15-6-4-5-7-16(15)20(25)27/h4-9,13H,2-3,10-12H2,1H3,(H2,22,28,29). The molecule has 3 aromatic rings. The van der Waals surface area contributed by atoms with Gasteiger partial charge in [0.2, 0.25) is 10.0 Å². The molecule has 0 unspecified atom stereocenters. The Hall–Kier alpha value is -2.69. The maximum atomic E-state index is 12.5. The third kappa shape index (κ3) is 4.10. The summed E-state index contributed by atoms with van der Waals surface area (Å²) in [6.45, 7) is 3.08. The number of unbranched alkanes of at least 4 members (excludes halogenated alkanes) is 1. The molecule has 2 heterocycles. The molecule has 0 radical (unpaired) electrons. The minimum Gasteiger partial charge on any atom is -0.319 e. The van der Waals surface area contributed by atoms with E-state index in [9.17, 15) is 18.0 Å². The van der Waals surface area contributed by atoms with Gasteiger partial charge in [-0.1, -0.05) is 37.2 Å². The lowest BCUT2D eigenvalue weighted by molar-refractivity contribution is 0.0664. The molecule has 2 aromatic carbocycles. The van der Waals surface area contributed by atoms with Crippen molar-refractivity contribution in [3.8, 4) is 0 Å². The van der Waals surface area contributed by atoms with Crippen LogP contribution in [0.3, 0.4) is 0 Å². The fourth-order valence-electron chi connectivity index (χ4n) is 3.58. The summed E-state index contributed by atoms with van der Waals surface area (Å²) < 4.78 is 25.4. The van der Waals surface area contributed by atoms with Crippen LogP contribution in [0.2, 0.25) is 0 Å². The number of primary sulfonamides is 1. The highest BCUT2D eigenvalue weighted by atomic mass is 32.2. The van der Waals surface area contributed by atoms with Gasteiger partial charge in [0.25, 0.3) is 11.8 Å². The lowest BCUT2D eigenvalue weighted by Gasteiger charge is -2.13. The molecule has 31 heavy (non-hydrogen) atoms. The molecule has 0 aliphatic carbocycles. The summed E-state index contributed by atoms with van der Waals surface area (Å²) in [5.41, 5.74) is 2.24. The number of carbonyl (C=O) groups excluding carboxylic acids is 2. The van der Waals surface area contributed by atoms with E-state index in [1.54, 1.807) is 30.3 Å². The number of amides is 2. The van der Waals surface area contributed by atoms with E-state index in [-0.39, 0.29) is 23.3 Å². The molecule has 2 amide bonds. The SMILES string of the molecule is CCCCn1c(SCCN2C(=O)c3ccccc3C2=O)nc2cc(S(N)(=O)=O)ccc21. The Labute approximate surface area is 184 Å². The molecule has 10 heteroatoms. The highest BCUT2D eigenvalue weighted by Gasteiger charge is 2.34. The molecule has 1 aliphatic heterocycles. The quantitative estimate of drug-likeness (QED) is 0.410. The number of aromatic nitrogens is 2. The predicted octanol–water partition coefficient (Wildman–Crippen LogP) is 2.87. The van der Waals surface area contributed by atoms with Gasteiger partial charge in [-0.05, 0) is 36.8 Å². The molecule has 162 valence electrons. The maximum Gasteiger partial charge on any atom is 0.261 e. The van der Waals surface area contributed by atoms with Crippen molar-refractivity contribution in [1.82, 2.24) is 14.5 Å². The zero-order valence-electron chi connectivity index (χ0n) is 16.9. The summed E-state index contributed by atoms with van der Waals surface area (Å²) in [5.74, 6) is -0.0832. The van der Waals surface area contributed by atoms with Crippen LogP contribution in [0.25, 0.3) is 11.0 Å². The Bertz CT molecular complexity index is 1250. The number of nitrogens with zero attached hydrogens (tertiary/aromatic N) is 3. The van der Waals surface area contributed by atoms with Gasteiger partial charge in [-0.15, -0.1) is 0 Å². The first-order valence-electron chi connectivity index (χ1n) is 9.92. The second-order valence-electron chi connectivity index (χ2n) is 7.25. The average Bonchev–Trinajstić information content (AvgIpc) is 3.21. The van der Waals surface area contributed by atoms with Gasteiger partial charge >= 0.3 is 0 Å². The van der Waals surface area contributed by atoms with Crippen LogP contribution < -0.4 is 5.14 Å². The predicted molar refractivity (Wildman–Crippen MR) is 119 cm³/mol. The molecule has 2 N–H and O–H groups in total. The number of nitrogens with two attached hydrogens (primary N) is 1. The fourth-order valence-corrected chi connectivity index (χ4v) is 5.08.